The van der Waals surface area contributed by atoms with Crippen molar-refractivity contribution < 1.29 is 8.78 Å². The zero-order valence-electron chi connectivity index (χ0n) is 5.65. The van der Waals surface area contributed by atoms with Gasteiger partial charge in [0.25, 0.3) is 5.92 Å². The molecule has 0 aromatic carbocycles. The zero-order valence-corrected chi connectivity index (χ0v) is 6.46. The maximum atomic E-state index is 12.1. The van der Waals surface area contributed by atoms with Gasteiger partial charge < -0.3 is 5.73 Å². The molecule has 10 heavy (non-hydrogen) atoms. The van der Waals surface area contributed by atoms with E-state index in [-0.39, 0.29) is 24.7 Å². The molecular formula is C6H12ClF2N. The summed E-state index contributed by atoms with van der Waals surface area (Å²) in [5.74, 6) is -2.68. The fourth-order valence-corrected chi connectivity index (χ4v) is 0.947. The maximum Gasteiger partial charge on any atom is 0.251 e. The molecule has 4 heteroatoms. The average molecular weight is 172 g/mol. The first kappa shape index (κ1) is 10.1. The monoisotopic (exact) mass is 171 g/mol. The molecule has 1 saturated carbocycles. The van der Waals surface area contributed by atoms with E-state index < -0.39 is 5.92 Å². The Bertz CT molecular complexity index is 108. The van der Waals surface area contributed by atoms with Gasteiger partial charge in [-0.3, -0.25) is 0 Å². The van der Waals surface area contributed by atoms with Gasteiger partial charge in [-0.2, -0.15) is 0 Å². The van der Waals surface area contributed by atoms with Crippen molar-refractivity contribution in [1.82, 2.24) is 0 Å². The average Bonchev–Trinajstić information content (AvgIpc) is 2.35. The summed E-state index contributed by atoms with van der Waals surface area (Å²) in [6, 6.07) is 0. The molecule has 0 aromatic heterocycles. The Balaban J connectivity index is 0.000000810. The normalized spacial score (nSPS) is 27.3. The lowest BCUT2D eigenvalue weighted by atomic mass is 10.2. The van der Waals surface area contributed by atoms with Gasteiger partial charge >= 0.3 is 0 Å². The molecule has 0 aliphatic heterocycles. The van der Waals surface area contributed by atoms with Crippen LogP contribution in [0.2, 0.25) is 0 Å². The Morgan fingerprint density at radius 1 is 1.50 bits per heavy atom. The van der Waals surface area contributed by atoms with Gasteiger partial charge in [-0.1, -0.05) is 0 Å². The SMILES string of the molecule is Cl.NCCCC1CC1(F)F. The molecule has 0 amide bonds. The van der Waals surface area contributed by atoms with Crippen LogP contribution in [0, 0.1) is 5.92 Å². The van der Waals surface area contributed by atoms with Crippen LogP contribution in [-0.4, -0.2) is 12.5 Å². The predicted molar refractivity (Wildman–Crippen MR) is 38.6 cm³/mol. The molecule has 0 bridgehead atoms. The second-order valence-electron chi connectivity index (χ2n) is 2.59. The van der Waals surface area contributed by atoms with Crippen molar-refractivity contribution in [2.45, 2.75) is 25.2 Å². The first-order valence-corrected chi connectivity index (χ1v) is 3.24. The highest BCUT2D eigenvalue weighted by Crippen LogP contribution is 2.50. The van der Waals surface area contributed by atoms with E-state index in [2.05, 4.69) is 0 Å². The maximum absolute atomic E-state index is 12.1. The minimum absolute atomic E-state index is 0. The van der Waals surface area contributed by atoms with E-state index in [1.165, 1.54) is 0 Å². The Labute approximate surface area is 65.4 Å². The minimum Gasteiger partial charge on any atom is -0.330 e. The molecule has 0 radical (unpaired) electrons. The standard InChI is InChI=1S/C6H11F2N.ClH/c7-6(8)4-5(6)2-1-3-9;/h5H,1-4,9H2;1H. The summed E-state index contributed by atoms with van der Waals surface area (Å²) in [4.78, 5) is 0. The minimum atomic E-state index is -2.34. The van der Waals surface area contributed by atoms with Gasteiger partial charge in [0.15, 0.2) is 0 Å². The molecule has 62 valence electrons. The van der Waals surface area contributed by atoms with Gasteiger partial charge in [-0.25, -0.2) is 8.78 Å². The third kappa shape index (κ3) is 2.39. The van der Waals surface area contributed by atoms with Crippen LogP contribution in [0.3, 0.4) is 0 Å². The Hall–Kier alpha value is 0.110. The fraction of sp³-hybridized carbons (Fsp3) is 1.00. The van der Waals surface area contributed by atoms with Crippen LogP contribution in [-0.2, 0) is 0 Å². The van der Waals surface area contributed by atoms with Crippen LogP contribution in [0.4, 0.5) is 8.78 Å². The largest absolute Gasteiger partial charge is 0.330 e. The molecule has 1 unspecified atom stereocenters. The fourth-order valence-electron chi connectivity index (χ4n) is 0.947. The Kier molecular flexibility index (Phi) is 3.52. The number of rotatable bonds is 3. The molecule has 1 aliphatic carbocycles. The van der Waals surface area contributed by atoms with Crippen molar-refractivity contribution in [3.63, 3.8) is 0 Å². The third-order valence-corrected chi connectivity index (χ3v) is 1.71. The number of halogens is 3. The van der Waals surface area contributed by atoms with Crippen LogP contribution in [0.1, 0.15) is 19.3 Å². The van der Waals surface area contributed by atoms with Crippen molar-refractivity contribution in [2.75, 3.05) is 6.54 Å². The summed E-state index contributed by atoms with van der Waals surface area (Å²) >= 11 is 0. The van der Waals surface area contributed by atoms with E-state index in [1.807, 2.05) is 0 Å². The van der Waals surface area contributed by atoms with Gasteiger partial charge in [0.2, 0.25) is 0 Å². The van der Waals surface area contributed by atoms with E-state index in [4.69, 9.17) is 5.73 Å². The highest BCUT2D eigenvalue weighted by molar-refractivity contribution is 5.85. The number of nitrogens with two attached hydrogens (primary N) is 1. The lowest BCUT2D eigenvalue weighted by Gasteiger charge is -1.93. The Morgan fingerprint density at radius 2 is 2.00 bits per heavy atom. The summed E-state index contributed by atoms with van der Waals surface area (Å²) in [6.45, 7) is 0.534. The van der Waals surface area contributed by atoms with Crippen LogP contribution < -0.4 is 5.73 Å². The number of hydrogen-bond acceptors (Lipinski definition) is 1. The molecule has 0 aromatic rings. The molecule has 0 heterocycles. The number of alkyl halides is 2. The van der Waals surface area contributed by atoms with Crippen molar-refractivity contribution in [3.8, 4) is 0 Å². The van der Waals surface area contributed by atoms with Crippen molar-refractivity contribution in [2.24, 2.45) is 11.7 Å². The molecule has 1 atom stereocenters. The van der Waals surface area contributed by atoms with Crippen LogP contribution in [0.25, 0.3) is 0 Å². The van der Waals surface area contributed by atoms with Crippen LogP contribution in [0.5, 0.6) is 0 Å². The van der Waals surface area contributed by atoms with Crippen LogP contribution >= 0.6 is 12.4 Å². The quantitative estimate of drug-likeness (QED) is 0.689. The summed E-state index contributed by atoms with van der Waals surface area (Å²) in [5, 5.41) is 0. The van der Waals surface area contributed by atoms with Gasteiger partial charge in [0, 0.05) is 12.3 Å². The summed E-state index contributed by atoms with van der Waals surface area (Å²) < 4.78 is 24.2. The highest BCUT2D eigenvalue weighted by atomic mass is 35.5. The summed E-state index contributed by atoms with van der Waals surface area (Å²) in [5.41, 5.74) is 5.15. The van der Waals surface area contributed by atoms with Gasteiger partial charge in [-0.05, 0) is 19.4 Å². The van der Waals surface area contributed by atoms with E-state index in [0.29, 0.717) is 13.0 Å². The van der Waals surface area contributed by atoms with Crippen LogP contribution in [0.15, 0.2) is 0 Å². The van der Waals surface area contributed by atoms with E-state index in [9.17, 15) is 8.78 Å². The molecule has 0 saturated heterocycles. The molecule has 1 rings (SSSR count). The molecular weight excluding hydrogens is 160 g/mol. The highest BCUT2D eigenvalue weighted by Gasteiger charge is 2.55. The van der Waals surface area contributed by atoms with Crippen molar-refractivity contribution in [1.29, 1.82) is 0 Å². The van der Waals surface area contributed by atoms with Gasteiger partial charge in [0.1, 0.15) is 0 Å². The smallest absolute Gasteiger partial charge is 0.251 e. The van der Waals surface area contributed by atoms with Gasteiger partial charge in [-0.15, -0.1) is 12.4 Å². The Morgan fingerprint density at radius 3 is 2.30 bits per heavy atom. The predicted octanol–water partition coefficient (Wildman–Crippen LogP) is 1.80. The number of hydrogen-bond donors (Lipinski definition) is 1. The van der Waals surface area contributed by atoms with E-state index in [1.54, 1.807) is 0 Å². The first-order chi connectivity index (χ1) is 4.17. The summed E-state index contributed by atoms with van der Waals surface area (Å²) in [7, 11) is 0. The topological polar surface area (TPSA) is 26.0 Å². The second kappa shape index (κ2) is 3.49. The van der Waals surface area contributed by atoms with E-state index in [0.717, 1.165) is 6.42 Å². The molecule has 0 spiro atoms. The van der Waals surface area contributed by atoms with Crippen molar-refractivity contribution in [3.05, 3.63) is 0 Å². The third-order valence-electron chi connectivity index (χ3n) is 1.71. The van der Waals surface area contributed by atoms with E-state index >= 15 is 0 Å². The van der Waals surface area contributed by atoms with Crippen molar-refractivity contribution >= 4 is 12.4 Å². The lowest BCUT2D eigenvalue weighted by molar-refractivity contribution is 0.0967. The zero-order chi connectivity index (χ0) is 6.91. The molecule has 2 N–H and O–H groups in total. The first-order valence-electron chi connectivity index (χ1n) is 3.24. The molecule has 1 nitrogen and oxygen atoms in total. The summed E-state index contributed by atoms with van der Waals surface area (Å²) in [6.07, 6.45) is 1.43. The molecule has 1 aliphatic rings. The second-order valence-corrected chi connectivity index (χ2v) is 2.59. The lowest BCUT2D eigenvalue weighted by Crippen LogP contribution is -2.01. The molecule has 1 fully saturated rings. The van der Waals surface area contributed by atoms with Gasteiger partial charge in [0.05, 0.1) is 0 Å².